The Balaban J connectivity index is 1.31. The van der Waals surface area contributed by atoms with Gasteiger partial charge in [0.1, 0.15) is 0 Å². The van der Waals surface area contributed by atoms with Crippen molar-refractivity contribution in [1.29, 1.82) is 0 Å². The number of carbonyl (C=O) groups is 2. The van der Waals surface area contributed by atoms with E-state index < -0.39 is 28.5 Å². The number of amides is 1. The van der Waals surface area contributed by atoms with Gasteiger partial charge in [0.25, 0.3) is 5.91 Å². The van der Waals surface area contributed by atoms with Crippen LogP contribution >= 0.6 is 11.3 Å². The van der Waals surface area contributed by atoms with Crippen molar-refractivity contribution < 1.29 is 32.2 Å². The van der Waals surface area contributed by atoms with Gasteiger partial charge in [0.2, 0.25) is 10.0 Å². The van der Waals surface area contributed by atoms with Crippen LogP contribution in [0.5, 0.6) is 11.5 Å². The fourth-order valence-electron chi connectivity index (χ4n) is 3.85. The van der Waals surface area contributed by atoms with Crippen LogP contribution in [0.4, 0.5) is 5.13 Å². The summed E-state index contributed by atoms with van der Waals surface area (Å²) in [6, 6.07) is 10.9. The monoisotopic (exact) mass is 545 g/mol. The van der Waals surface area contributed by atoms with Crippen molar-refractivity contribution in [2.75, 3.05) is 39.2 Å². The van der Waals surface area contributed by atoms with E-state index in [2.05, 4.69) is 10.3 Å². The van der Waals surface area contributed by atoms with Gasteiger partial charge >= 0.3 is 5.97 Å². The Morgan fingerprint density at radius 3 is 2.38 bits per heavy atom. The number of sulfonamides is 1. The second-order valence-electron chi connectivity index (χ2n) is 8.22. The SMILES string of the molecule is COc1ccc(-c2csc(NC(=O)COC(=O)c3ccc(S(=O)(=O)N4CCCCC4)cc3)n2)cc1OC. The van der Waals surface area contributed by atoms with E-state index in [0.29, 0.717) is 35.4 Å². The molecule has 10 nitrogen and oxygen atoms in total. The molecule has 2 aromatic carbocycles. The lowest BCUT2D eigenvalue weighted by atomic mass is 10.1. The van der Waals surface area contributed by atoms with Crippen LogP contribution < -0.4 is 14.8 Å². The second-order valence-corrected chi connectivity index (χ2v) is 11.0. The van der Waals surface area contributed by atoms with Crippen LogP contribution in [0.2, 0.25) is 0 Å². The number of methoxy groups -OCH3 is 2. The molecule has 1 aliphatic rings. The summed E-state index contributed by atoms with van der Waals surface area (Å²) in [7, 11) is -0.497. The highest BCUT2D eigenvalue weighted by atomic mass is 32.2. The molecule has 0 unspecified atom stereocenters. The van der Waals surface area contributed by atoms with Gasteiger partial charge in [0, 0.05) is 24.0 Å². The van der Waals surface area contributed by atoms with Crippen LogP contribution in [0.25, 0.3) is 11.3 Å². The quantitative estimate of drug-likeness (QED) is 0.403. The third-order valence-corrected chi connectivity index (χ3v) is 8.48. The molecule has 0 bridgehead atoms. The molecule has 1 aromatic heterocycles. The van der Waals surface area contributed by atoms with Gasteiger partial charge in [0.05, 0.1) is 30.4 Å². The average molecular weight is 546 g/mol. The molecule has 1 N–H and O–H groups in total. The van der Waals surface area contributed by atoms with Gasteiger partial charge in [-0.15, -0.1) is 11.3 Å². The van der Waals surface area contributed by atoms with E-state index >= 15 is 0 Å². The minimum Gasteiger partial charge on any atom is -0.493 e. The number of ether oxygens (including phenoxy) is 3. The van der Waals surface area contributed by atoms with Crippen LogP contribution in [0.15, 0.2) is 52.7 Å². The van der Waals surface area contributed by atoms with Crippen molar-refractivity contribution in [3.8, 4) is 22.8 Å². The Morgan fingerprint density at radius 1 is 1.00 bits per heavy atom. The fraction of sp³-hybridized carbons (Fsp3) is 0.320. The first kappa shape index (κ1) is 26.6. The smallest absolute Gasteiger partial charge is 0.338 e. The van der Waals surface area contributed by atoms with Crippen molar-refractivity contribution >= 4 is 38.4 Å². The number of carbonyl (C=O) groups excluding carboxylic acids is 2. The molecule has 4 rings (SSSR count). The van der Waals surface area contributed by atoms with Gasteiger partial charge < -0.3 is 14.2 Å². The Morgan fingerprint density at radius 2 is 1.70 bits per heavy atom. The summed E-state index contributed by atoms with van der Waals surface area (Å²) in [6.07, 6.45) is 2.69. The van der Waals surface area contributed by atoms with Crippen molar-refractivity contribution in [2.45, 2.75) is 24.2 Å². The zero-order valence-corrected chi connectivity index (χ0v) is 22.1. The van der Waals surface area contributed by atoms with Gasteiger partial charge in [-0.2, -0.15) is 4.31 Å². The molecule has 0 aliphatic carbocycles. The molecule has 0 atom stereocenters. The van der Waals surface area contributed by atoms with E-state index in [9.17, 15) is 18.0 Å². The number of hydrogen-bond acceptors (Lipinski definition) is 9. The maximum Gasteiger partial charge on any atom is 0.338 e. The highest BCUT2D eigenvalue weighted by molar-refractivity contribution is 7.89. The van der Waals surface area contributed by atoms with Gasteiger partial charge in [-0.05, 0) is 55.3 Å². The molecular formula is C25H27N3O7S2. The number of esters is 1. The van der Waals surface area contributed by atoms with Crippen LogP contribution in [0.1, 0.15) is 29.6 Å². The highest BCUT2D eigenvalue weighted by Gasteiger charge is 2.26. The van der Waals surface area contributed by atoms with Crippen molar-refractivity contribution in [3.63, 3.8) is 0 Å². The van der Waals surface area contributed by atoms with E-state index in [1.807, 2.05) is 6.07 Å². The first-order valence-electron chi connectivity index (χ1n) is 11.6. The third kappa shape index (κ3) is 6.27. The predicted molar refractivity (Wildman–Crippen MR) is 139 cm³/mol. The van der Waals surface area contributed by atoms with Crippen molar-refractivity contribution in [2.24, 2.45) is 0 Å². The molecule has 1 saturated heterocycles. The van der Waals surface area contributed by atoms with Crippen LogP contribution in [0, 0.1) is 0 Å². The van der Waals surface area contributed by atoms with E-state index in [4.69, 9.17) is 14.2 Å². The van der Waals surface area contributed by atoms with Gasteiger partial charge in [-0.25, -0.2) is 18.2 Å². The standard InChI is InChI=1S/C25H27N3O7S2/c1-33-21-11-8-18(14-22(21)34-2)20-16-36-25(26-20)27-23(29)15-35-24(30)17-6-9-19(10-7-17)37(31,32)28-12-4-3-5-13-28/h6-11,14,16H,3-5,12-13,15H2,1-2H3,(H,26,27,29). The highest BCUT2D eigenvalue weighted by Crippen LogP contribution is 2.33. The Kier molecular flexibility index (Phi) is 8.41. The van der Waals surface area contributed by atoms with E-state index in [1.165, 1.54) is 39.9 Å². The number of hydrogen-bond donors (Lipinski definition) is 1. The summed E-state index contributed by atoms with van der Waals surface area (Å²) in [6.45, 7) is 0.476. The summed E-state index contributed by atoms with van der Waals surface area (Å²) in [5.74, 6) is -0.134. The van der Waals surface area contributed by atoms with E-state index in [1.54, 1.807) is 31.7 Å². The van der Waals surface area contributed by atoms with Gasteiger partial charge in [-0.1, -0.05) is 6.42 Å². The normalized spacial score (nSPS) is 14.1. The van der Waals surface area contributed by atoms with E-state index in [-0.39, 0.29) is 10.5 Å². The number of anilines is 1. The molecule has 0 radical (unpaired) electrons. The second kappa shape index (κ2) is 11.7. The molecule has 2 heterocycles. The Hall–Kier alpha value is -3.48. The van der Waals surface area contributed by atoms with Crippen LogP contribution in [-0.4, -0.2) is 63.5 Å². The van der Waals surface area contributed by atoms with Gasteiger partial charge in [-0.3, -0.25) is 10.1 Å². The van der Waals surface area contributed by atoms with Crippen LogP contribution in [0.3, 0.4) is 0 Å². The van der Waals surface area contributed by atoms with E-state index in [0.717, 1.165) is 24.8 Å². The summed E-state index contributed by atoms with van der Waals surface area (Å²) < 4.78 is 42.6. The topological polar surface area (TPSA) is 124 Å². The Bertz CT molecular complexity index is 1370. The number of benzene rings is 2. The molecule has 0 saturated carbocycles. The number of nitrogens with one attached hydrogen (secondary N) is 1. The number of nitrogens with zero attached hydrogens (tertiary/aromatic N) is 2. The lowest BCUT2D eigenvalue weighted by molar-refractivity contribution is -0.119. The zero-order chi connectivity index (χ0) is 26.4. The minimum absolute atomic E-state index is 0.123. The summed E-state index contributed by atoms with van der Waals surface area (Å²) in [5, 5.41) is 4.73. The molecule has 37 heavy (non-hydrogen) atoms. The number of piperidine rings is 1. The molecule has 1 fully saturated rings. The molecule has 1 aliphatic heterocycles. The van der Waals surface area contributed by atoms with Crippen molar-refractivity contribution in [1.82, 2.24) is 9.29 Å². The maximum absolute atomic E-state index is 12.8. The molecule has 0 spiro atoms. The average Bonchev–Trinajstić information content (AvgIpc) is 3.40. The predicted octanol–water partition coefficient (Wildman–Crippen LogP) is 3.80. The zero-order valence-electron chi connectivity index (χ0n) is 20.4. The molecule has 1 amide bonds. The largest absolute Gasteiger partial charge is 0.493 e. The summed E-state index contributed by atoms with van der Waals surface area (Å²) in [5.41, 5.74) is 1.57. The minimum atomic E-state index is -3.59. The lowest BCUT2D eigenvalue weighted by Gasteiger charge is -2.25. The first-order chi connectivity index (χ1) is 17.8. The third-order valence-electron chi connectivity index (χ3n) is 5.81. The lowest BCUT2D eigenvalue weighted by Crippen LogP contribution is -2.35. The first-order valence-corrected chi connectivity index (χ1v) is 13.9. The Labute approximate surface area is 219 Å². The molecule has 3 aromatic rings. The van der Waals surface area contributed by atoms with Gasteiger partial charge in [0.15, 0.2) is 23.2 Å². The fourth-order valence-corrected chi connectivity index (χ4v) is 6.10. The summed E-state index contributed by atoms with van der Waals surface area (Å²) in [4.78, 5) is 29.2. The number of rotatable bonds is 9. The maximum atomic E-state index is 12.8. The number of aromatic nitrogens is 1. The van der Waals surface area contributed by atoms with Crippen LogP contribution in [-0.2, 0) is 19.6 Å². The molecule has 12 heteroatoms. The number of thiazole rings is 1. The molecule has 196 valence electrons. The summed E-state index contributed by atoms with van der Waals surface area (Å²) >= 11 is 1.23. The van der Waals surface area contributed by atoms with Crippen molar-refractivity contribution in [3.05, 3.63) is 53.4 Å². The molecular weight excluding hydrogens is 518 g/mol.